The minimum absolute atomic E-state index is 0.215. The molecule has 0 saturated carbocycles. The van der Waals surface area contributed by atoms with Crippen LogP contribution in [0.3, 0.4) is 0 Å². The minimum atomic E-state index is -1.06. The first kappa shape index (κ1) is 15.0. The molecule has 16 heavy (non-hydrogen) atoms. The third kappa shape index (κ3) is 5.16. The first-order valence-corrected chi connectivity index (χ1v) is 5.64. The van der Waals surface area contributed by atoms with Crippen LogP contribution in [0.1, 0.15) is 27.2 Å². The molecule has 0 aliphatic heterocycles. The van der Waals surface area contributed by atoms with Crippen LogP contribution in [0, 0.1) is 5.92 Å². The molecule has 92 valence electrons. The molecule has 0 aromatic rings. The Kier molecular flexibility index (Phi) is 7.64. The highest BCUT2D eigenvalue weighted by Crippen LogP contribution is 2.14. The fraction of sp³-hybridized carbons (Fsp3) is 0.636. The lowest BCUT2D eigenvalue weighted by Gasteiger charge is -2.11. The van der Waals surface area contributed by atoms with Crippen molar-refractivity contribution < 1.29 is 19.1 Å². The van der Waals surface area contributed by atoms with Crippen LogP contribution < -0.4 is 0 Å². The normalized spacial score (nSPS) is 11.4. The van der Waals surface area contributed by atoms with Gasteiger partial charge in [-0.25, -0.2) is 0 Å². The molecule has 0 saturated heterocycles. The fourth-order valence-electron chi connectivity index (χ4n) is 0.995. The summed E-state index contributed by atoms with van der Waals surface area (Å²) in [5.41, 5.74) is 0. The molecule has 0 atom stereocenters. The van der Waals surface area contributed by atoms with Crippen molar-refractivity contribution in [2.24, 2.45) is 5.92 Å². The van der Waals surface area contributed by atoms with E-state index < -0.39 is 17.9 Å². The van der Waals surface area contributed by atoms with Crippen LogP contribution in [0.5, 0.6) is 0 Å². The van der Waals surface area contributed by atoms with Crippen molar-refractivity contribution in [1.29, 1.82) is 0 Å². The van der Waals surface area contributed by atoms with E-state index >= 15 is 0 Å². The molecule has 0 amide bonds. The first-order chi connectivity index (χ1) is 7.56. The highest BCUT2D eigenvalue weighted by atomic mass is 35.5. The number of ether oxygens (including phenoxy) is 2. The van der Waals surface area contributed by atoms with Crippen molar-refractivity contribution in [1.82, 2.24) is 0 Å². The molecule has 4 nitrogen and oxygen atoms in total. The van der Waals surface area contributed by atoms with Gasteiger partial charge in [0.05, 0.1) is 13.2 Å². The summed E-state index contributed by atoms with van der Waals surface area (Å²) in [7, 11) is 0. The van der Waals surface area contributed by atoms with Gasteiger partial charge in [0.15, 0.2) is 5.92 Å². The number of hydrogen-bond acceptors (Lipinski definition) is 4. The Hall–Kier alpha value is -1.03. The molecule has 0 bridgehead atoms. The summed E-state index contributed by atoms with van der Waals surface area (Å²) in [5.74, 6) is -2.33. The Balaban J connectivity index is 4.76. The third-order valence-corrected chi connectivity index (χ3v) is 2.16. The van der Waals surface area contributed by atoms with Gasteiger partial charge in [0.1, 0.15) is 0 Å². The van der Waals surface area contributed by atoms with Gasteiger partial charge < -0.3 is 9.47 Å². The Labute approximate surface area is 101 Å². The molecule has 0 fully saturated rings. The largest absolute Gasteiger partial charge is 0.465 e. The van der Waals surface area contributed by atoms with Crippen molar-refractivity contribution in [2.75, 3.05) is 13.2 Å². The molecule has 0 spiro atoms. The molecule has 0 rings (SSSR count). The van der Waals surface area contributed by atoms with Crippen molar-refractivity contribution in [3.63, 3.8) is 0 Å². The highest BCUT2D eigenvalue weighted by molar-refractivity contribution is 6.29. The average Bonchev–Trinajstić information content (AvgIpc) is 2.25. The van der Waals surface area contributed by atoms with Crippen LogP contribution >= 0.6 is 11.6 Å². The molecular formula is C11H17ClO4. The second-order valence-electron chi connectivity index (χ2n) is 2.95. The smallest absolute Gasteiger partial charge is 0.324 e. The number of halogens is 1. The van der Waals surface area contributed by atoms with Gasteiger partial charge in [-0.15, -0.1) is 0 Å². The maximum Gasteiger partial charge on any atom is 0.324 e. The summed E-state index contributed by atoms with van der Waals surface area (Å²) in [5, 5.41) is 0.436. The standard InChI is InChI=1S/C11H17ClO4/c1-4-8(12)7-9(10(13)15-5-2)11(14)16-6-3/h7,9H,4-6H2,1-3H3. The molecule has 0 radical (unpaired) electrons. The number of carbonyl (C=O) groups excluding carboxylic acids is 2. The van der Waals surface area contributed by atoms with E-state index in [1.807, 2.05) is 6.92 Å². The Bertz CT molecular complexity index is 255. The van der Waals surface area contributed by atoms with Gasteiger partial charge in [-0.3, -0.25) is 9.59 Å². The van der Waals surface area contributed by atoms with Crippen molar-refractivity contribution in [3.8, 4) is 0 Å². The maximum atomic E-state index is 11.5. The Morgan fingerprint density at radius 2 is 1.56 bits per heavy atom. The van der Waals surface area contributed by atoms with Gasteiger partial charge in [-0.2, -0.15) is 0 Å². The topological polar surface area (TPSA) is 52.6 Å². The van der Waals surface area contributed by atoms with Crippen molar-refractivity contribution >= 4 is 23.5 Å². The number of allylic oxidation sites excluding steroid dienone is 1. The summed E-state index contributed by atoms with van der Waals surface area (Å²) in [4.78, 5) is 23.0. The number of esters is 2. The Morgan fingerprint density at radius 3 is 1.88 bits per heavy atom. The van der Waals surface area contributed by atoms with Gasteiger partial charge in [0, 0.05) is 5.03 Å². The molecule has 0 aliphatic carbocycles. The molecular weight excluding hydrogens is 232 g/mol. The van der Waals surface area contributed by atoms with Crippen molar-refractivity contribution in [2.45, 2.75) is 27.2 Å². The summed E-state index contributed by atoms with van der Waals surface area (Å²) in [6.45, 7) is 5.60. The zero-order valence-electron chi connectivity index (χ0n) is 9.79. The predicted molar refractivity (Wildman–Crippen MR) is 61.0 cm³/mol. The van der Waals surface area contributed by atoms with E-state index in [0.717, 1.165) is 0 Å². The van der Waals surface area contributed by atoms with E-state index in [0.29, 0.717) is 11.5 Å². The molecule has 0 aliphatic rings. The van der Waals surface area contributed by atoms with E-state index in [4.69, 9.17) is 21.1 Å². The van der Waals surface area contributed by atoms with Crippen LogP contribution in [-0.4, -0.2) is 25.2 Å². The second-order valence-corrected chi connectivity index (χ2v) is 3.43. The molecule has 0 aromatic heterocycles. The number of hydrogen-bond donors (Lipinski definition) is 0. The van der Waals surface area contributed by atoms with Gasteiger partial charge in [0.25, 0.3) is 0 Å². The zero-order valence-corrected chi connectivity index (χ0v) is 10.5. The molecule has 0 heterocycles. The fourth-order valence-corrected chi connectivity index (χ4v) is 1.12. The van der Waals surface area contributed by atoms with Crippen LogP contribution in [0.4, 0.5) is 0 Å². The van der Waals surface area contributed by atoms with E-state index in [1.165, 1.54) is 6.08 Å². The van der Waals surface area contributed by atoms with Crippen molar-refractivity contribution in [3.05, 3.63) is 11.1 Å². The van der Waals surface area contributed by atoms with Crippen LogP contribution in [0.25, 0.3) is 0 Å². The predicted octanol–water partition coefficient (Wildman–Crippen LogP) is 2.26. The first-order valence-electron chi connectivity index (χ1n) is 5.26. The quantitative estimate of drug-likeness (QED) is 0.534. The van der Waals surface area contributed by atoms with E-state index in [2.05, 4.69) is 0 Å². The van der Waals surface area contributed by atoms with Crippen LogP contribution in [0.2, 0.25) is 0 Å². The van der Waals surface area contributed by atoms with Gasteiger partial charge in [-0.1, -0.05) is 18.5 Å². The molecule has 0 aromatic carbocycles. The lowest BCUT2D eigenvalue weighted by atomic mass is 10.1. The van der Waals surface area contributed by atoms with Crippen LogP contribution in [-0.2, 0) is 19.1 Å². The lowest BCUT2D eigenvalue weighted by molar-refractivity contribution is -0.158. The number of carbonyl (C=O) groups is 2. The summed E-state index contributed by atoms with van der Waals surface area (Å²) >= 11 is 5.79. The monoisotopic (exact) mass is 248 g/mol. The highest BCUT2D eigenvalue weighted by Gasteiger charge is 2.27. The maximum absolute atomic E-state index is 11.5. The Morgan fingerprint density at radius 1 is 1.12 bits per heavy atom. The lowest BCUT2D eigenvalue weighted by Crippen LogP contribution is -2.26. The third-order valence-electron chi connectivity index (χ3n) is 1.77. The number of rotatable bonds is 6. The summed E-state index contributed by atoms with van der Waals surface area (Å²) < 4.78 is 9.55. The zero-order chi connectivity index (χ0) is 12.6. The summed E-state index contributed by atoms with van der Waals surface area (Å²) in [6.07, 6.45) is 1.93. The minimum Gasteiger partial charge on any atom is -0.465 e. The molecule has 0 unspecified atom stereocenters. The SMILES string of the molecule is CCOC(=O)C(C=C(Cl)CC)C(=O)OCC. The molecule has 0 N–H and O–H groups in total. The van der Waals surface area contributed by atoms with Gasteiger partial charge >= 0.3 is 11.9 Å². The van der Waals surface area contributed by atoms with Gasteiger partial charge in [-0.05, 0) is 26.3 Å². The van der Waals surface area contributed by atoms with E-state index in [1.54, 1.807) is 13.8 Å². The van der Waals surface area contributed by atoms with Gasteiger partial charge in [0.2, 0.25) is 0 Å². The van der Waals surface area contributed by atoms with E-state index in [-0.39, 0.29) is 13.2 Å². The van der Waals surface area contributed by atoms with Crippen LogP contribution in [0.15, 0.2) is 11.1 Å². The molecule has 5 heteroatoms. The summed E-state index contributed by atoms with van der Waals surface area (Å²) in [6, 6.07) is 0. The van der Waals surface area contributed by atoms with E-state index in [9.17, 15) is 9.59 Å². The average molecular weight is 249 g/mol. The second kappa shape index (κ2) is 8.16.